The van der Waals surface area contributed by atoms with E-state index in [0.29, 0.717) is 13.0 Å². The zero-order chi connectivity index (χ0) is 19.4. The fraction of sp³-hybridized carbons (Fsp3) is 0.391. The second-order valence-electron chi connectivity index (χ2n) is 6.89. The Morgan fingerprint density at radius 1 is 1.00 bits per heavy atom. The quantitative estimate of drug-likeness (QED) is 0.755. The monoisotopic (exact) mass is 367 g/mol. The average Bonchev–Trinajstić information content (AvgIpc) is 2.75. The molecule has 1 amide bonds. The van der Waals surface area contributed by atoms with Crippen LogP contribution in [0.15, 0.2) is 60.7 Å². The summed E-state index contributed by atoms with van der Waals surface area (Å²) in [6.45, 7) is 0.320. The highest BCUT2D eigenvalue weighted by atomic mass is 16.5. The zero-order valence-electron chi connectivity index (χ0n) is 16.0. The summed E-state index contributed by atoms with van der Waals surface area (Å²) in [6, 6.07) is 20.1. The van der Waals surface area contributed by atoms with Gasteiger partial charge in [-0.3, -0.25) is 0 Å². The summed E-state index contributed by atoms with van der Waals surface area (Å²) >= 11 is 0. The lowest BCUT2D eigenvalue weighted by Crippen LogP contribution is -2.29. The minimum atomic E-state index is -0.404. The van der Waals surface area contributed by atoms with Crippen LogP contribution < -0.4 is 5.32 Å². The van der Waals surface area contributed by atoms with E-state index in [2.05, 4.69) is 29.6 Å². The fourth-order valence-electron chi connectivity index (χ4n) is 3.59. The van der Waals surface area contributed by atoms with Crippen molar-refractivity contribution in [2.24, 2.45) is 0 Å². The molecule has 4 heteroatoms. The third-order valence-corrected chi connectivity index (χ3v) is 5.09. The molecule has 1 fully saturated rings. The molecule has 1 aliphatic carbocycles. The lowest BCUT2D eigenvalue weighted by Gasteiger charge is -2.36. The van der Waals surface area contributed by atoms with E-state index in [4.69, 9.17) is 4.74 Å². The SMILES string of the molecule is CNC(=O)OCc1ccccc1.O=CCC1(c2ccccc2)CCCCC1. The van der Waals surface area contributed by atoms with Gasteiger partial charge in [-0.25, -0.2) is 4.79 Å². The first-order valence-electron chi connectivity index (χ1n) is 9.58. The van der Waals surface area contributed by atoms with Gasteiger partial charge in [-0.2, -0.15) is 0 Å². The van der Waals surface area contributed by atoms with Crippen LogP contribution in [0.25, 0.3) is 0 Å². The number of ether oxygens (including phenoxy) is 1. The van der Waals surface area contributed by atoms with Crippen LogP contribution >= 0.6 is 0 Å². The van der Waals surface area contributed by atoms with E-state index < -0.39 is 6.09 Å². The van der Waals surface area contributed by atoms with Gasteiger partial charge < -0.3 is 14.8 Å². The van der Waals surface area contributed by atoms with Crippen LogP contribution in [0, 0.1) is 0 Å². The molecule has 0 aromatic heterocycles. The minimum absolute atomic E-state index is 0.154. The van der Waals surface area contributed by atoms with Gasteiger partial charge in [0, 0.05) is 18.9 Å². The molecule has 2 aromatic carbocycles. The molecule has 4 nitrogen and oxygen atoms in total. The third-order valence-electron chi connectivity index (χ3n) is 5.09. The van der Waals surface area contributed by atoms with Crippen LogP contribution in [-0.4, -0.2) is 19.4 Å². The lowest BCUT2D eigenvalue weighted by atomic mass is 9.68. The number of rotatable bonds is 5. The minimum Gasteiger partial charge on any atom is -0.445 e. The summed E-state index contributed by atoms with van der Waals surface area (Å²) in [5.74, 6) is 0. The molecule has 27 heavy (non-hydrogen) atoms. The number of nitrogens with one attached hydrogen (secondary N) is 1. The Bertz CT molecular complexity index is 679. The smallest absolute Gasteiger partial charge is 0.407 e. The van der Waals surface area contributed by atoms with Gasteiger partial charge >= 0.3 is 6.09 Å². The van der Waals surface area contributed by atoms with E-state index in [1.807, 2.05) is 36.4 Å². The fourth-order valence-corrected chi connectivity index (χ4v) is 3.59. The zero-order valence-corrected chi connectivity index (χ0v) is 16.0. The Kier molecular flexibility index (Phi) is 8.56. The van der Waals surface area contributed by atoms with Crippen LogP contribution in [-0.2, 0) is 21.6 Å². The molecule has 0 heterocycles. The second-order valence-corrected chi connectivity index (χ2v) is 6.89. The third kappa shape index (κ3) is 6.55. The molecule has 0 radical (unpaired) electrons. The average molecular weight is 367 g/mol. The molecule has 3 rings (SSSR count). The number of carbonyl (C=O) groups is 2. The predicted octanol–water partition coefficient (Wildman–Crippen LogP) is 5.02. The van der Waals surface area contributed by atoms with Crippen molar-refractivity contribution in [3.63, 3.8) is 0 Å². The number of alkyl carbamates (subject to hydrolysis) is 1. The van der Waals surface area contributed by atoms with Crippen LogP contribution in [0.3, 0.4) is 0 Å². The van der Waals surface area contributed by atoms with Crippen LogP contribution in [0.4, 0.5) is 4.79 Å². The van der Waals surface area contributed by atoms with Crippen molar-refractivity contribution in [3.8, 4) is 0 Å². The topological polar surface area (TPSA) is 55.4 Å². The molecule has 0 spiro atoms. The molecule has 144 valence electrons. The normalized spacial score (nSPS) is 15.0. The molecule has 0 saturated heterocycles. The van der Waals surface area contributed by atoms with Gasteiger partial charge in [0.15, 0.2) is 0 Å². The summed E-state index contributed by atoms with van der Waals surface area (Å²) in [6.07, 6.45) is 7.60. The van der Waals surface area contributed by atoms with E-state index in [0.717, 1.165) is 11.8 Å². The van der Waals surface area contributed by atoms with Crippen LogP contribution in [0.1, 0.15) is 49.7 Å². The maximum atomic E-state index is 10.9. The van der Waals surface area contributed by atoms with E-state index in [1.54, 1.807) is 0 Å². The first kappa shape index (κ1) is 20.7. The predicted molar refractivity (Wildman–Crippen MR) is 108 cm³/mol. The maximum absolute atomic E-state index is 10.9. The highest BCUT2D eigenvalue weighted by molar-refractivity contribution is 5.66. The number of aldehydes is 1. The van der Waals surface area contributed by atoms with Crippen molar-refractivity contribution in [1.29, 1.82) is 0 Å². The van der Waals surface area contributed by atoms with Gasteiger partial charge in [-0.1, -0.05) is 79.9 Å². The van der Waals surface area contributed by atoms with E-state index in [9.17, 15) is 9.59 Å². The molecule has 0 atom stereocenters. The molecule has 1 aliphatic rings. The number of hydrogen-bond acceptors (Lipinski definition) is 3. The first-order valence-corrected chi connectivity index (χ1v) is 9.58. The number of hydrogen-bond donors (Lipinski definition) is 1. The maximum Gasteiger partial charge on any atom is 0.407 e. The summed E-state index contributed by atoms with van der Waals surface area (Å²) < 4.78 is 4.83. The van der Waals surface area contributed by atoms with Crippen LogP contribution in [0.2, 0.25) is 0 Å². The number of carbonyl (C=O) groups excluding carboxylic acids is 2. The Morgan fingerprint density at radius 2 is 1.59 bits per heavy atom. The molecule has 0 unspecified atom stereocenters. The van der Waals surface area contributed by atoms with Gasteiger partial charge in [-0.05, 0) is 24.0 Å². The Labute approximate surface area is 161 Å². The molecule has 2 aromatic rings. The van der Waals surface area contributed by atoms with Gasteiger partial charge in [-0.15, -0.1) is 0 Å². The van der Waals surface area contributed by atoms with Crippen molar-refractivity contribution >= 4 is 12.4 Å². The largest absolute Gasteiger partial charge is 0.445 e. The van der Waals surface area contributed by atoms with Gasteiger partial charge in [0.05, 0.1) is 0 Å². The van der Waals surface area contributed by atoms with E-state index in [-0.39, 0.29) is 5.41 Å². The van der Waals surface area contributed by atoms with Crippen LogP contribution in [0.5, 0.6) is 0 Å². The standard InChI is InChI=1S/C14H18O.C9H11NO2/c15-12-11-14(9-5-2-6-10-14)13-7-3-1-4-8-13;1-10-9(11)12-7-8-5-3-2-4-6-8/h1,3-4,7-8,12H,2,5-6,9-11H2;2-6H,7H2,1H3,(H,10,11). The highest BCUT2D eigenvalue weighted by Gasteiger charge is 2.32. The second kappa shape index (κ2) is 11.2. The number of amides is 1. The van der Waals surface area contributed by atoms with Gasteiger partial charge in [0.25, 0.3) is 0 Å². The van der Waals surface area contributed by atoms with Crippen molar-refractivity contribution < 1.29 is 14.3 Å². The Balaban J connectivity index is 0.000000199. The Morgan fingerprint density at radius 3 is 2.15 bits per heavy atom. The molecular formula is C23H29NO3. The van der Waals surface area contributed by atoms with E-state index in [1.165, 1.54) is 44.7 Å². The highest BCUT2D eigenvalue weighted by Crippen LogP contribution is 2.41. The van der Waals surface area contributed by atoms with Gasteiger partial charge in [0.1, 0.15) is 12.9 Å². The molecule has 1 N–H and O–H groups in total. The van der Waals surface area contributed by atoms with Crippen molar-refractivity contribution in [2.75, 3.05) is 7.05 Å². The molecule has 0 bridgehead atoms. The molecular weight excluding hydrogens is 338 g/mol. The summed E-state index contributed by atoms with van der Waals surface area (Å²) in [4.78, 5) is 21.5. The number of benzene rings is 2. The van der Waals surface area contributed by atoms with E-state index >= 15 is 0 Å². The van der Waals surface area contributed by atoms with Gasteiger partial charge in [0.2, 0.25) is 0 Å². The lowest BCUT2D eigenvalue weighted by molar-refractivity contribution is -0.109. The molecule has 1 saturated carbocycles. The summed E-state index contributed by atoms with van der Waals surface area (Å²) in [7, 11) is 1.54. The summed E-state index contributed by atoms with van der Waals surface area (Å²) in [5, 5.41) is 2.37. The summed E-state index contributed by atoms with van der Waals surface area (Å²) in [5.41, 5.74) is 2.50. The molecule has 0 aliphatic heterocycles. The Hall–Kier alpha value is -2.62. The van der Waals surface area contributed by atoms with Crippen molar-refractivity contribution in [2.45, 2.75) is 50.5 Å². The van der Waals surface area contributed by atoms with Crippen molar-refractivity contribution in [3.05, 3.63) is 71.8 Å². The first-order chi connectivity index (χ1) is 13.2. The van der Waals surface area contributed by atoms with Crippen molar-refractivity contribution in [1.82, 2.24) is 5.32 Å².